The quantitative estimate of drug-likeness (QED) is 0.683. The Morgan fingerprint density at radius 1 is 1.50 bits per heavy atom. The van der Waals surface area contributed by atoms with Crippen LogP contribution < -0.4 is 11.1 Å². The molecule has 1 fully saturated rings. The first-order chi connectivity index (χ1) is 8.56. The summed E-state index contributed by atoms with van der Waals surface area (Å²) in [4.78, 5) is 24.6. The number of aromatic nitrogens is 2. The molecule has 1 aromatic heterocycles. The third kappa shape index (κ3) is 2.86. The highest BCUT2D eigenvalue weighted by Crippen LogP contribution is 2.06. The van der Waals surface area contributed by atoms with Crippen molar-refractivity contribution in [2.24, 2.45) is 0 Å². The normalized spacial score (nSPS) is 21.1. The van der Waals surface area contributed by atoms with Crippen LogP contribution in [0.2, 0.25) is 0 Å². The predicted molar refractivity (Wildman–Crippen MR) is 65.4 cm³/mol. The van der Waals surface area contributed by atoms with Crippen molar-refractivity contribution in [3.63, 3.8) is 0 Å². The summed E-state index contributed by atoms with van der Waals surface area (Å²) in [6, 6.07) is 1.48. The number of rotatable bonds is 4. The molecule has 1 aliphatic rings. The van der Waals surface area contributed by atoms with Crippen LogP contribution in [0.25, 0.3) is 0 Å². The van der Waals surface area contributed by atoms with Gasteiger partial charge in [0.25, 0.3) is 0 Å². The van der Waals surface area contributed by atoms with Gasteiger partial charge in [-0.1, -0.05) is 0 Å². The first-order valence-electron chi connectivity index (χ1n) is 5.93. The highest BCUT2D eigenvalue weighted by atomic mass is 16.2. The van der Waals surface area contributed by atoms with E-state index in [2.05, 4.69) is 10.4 Å². The number of anilines is 1. The molecule has 0 radical (unpaired) electrons. The molecule has 2 heterocycles. The van der Waals surface area contributed by atoms with Gasteiger partial charge in [-0.15, -0.1) is 0 Å². The first kappa shape index (κ1) is 12.6. The van der Waals surface area contributed by atoms with Gasteiger partial charge in [-0.2, -0.15) is 5.10 Å². The second kappa shape index (κ2) is 5.18. The molecule has 2 amide bonds. The number of imide groups is 1. The maximum absolute atomic E-state index is 11.4. The Bertz CT molecular complexity index is 456. The second-order valence-electron chi connectivity index (χ2n) is 4.42. The summed E-state index contributed by atoms with van der Waals surface area (Å²) in [6.07, 6.45) is 2.62. The molecule has 18 heavy (non-hydrogen) atoms. The van der Waals surface area contributed by atoms with E-state index in [-0.39, 0.29) is 24.4 Å². The van der Waals surface area contributed by atoms with Gasteiger partial charge in [-0.05, 0) is 19.4 Å². The Labute approximate surface area is 105 Å². The molecular weight excluding hydrogens is 234 g/mol. The number of hydrogen-bond donors (Lipinski definition) is 2. The van der Waals surface area contributed by atoms with Gasteiger partial charge >= 0.3 is 0 Å². The Morgan fingerprint density at radius 2 is 2.28 bits per heavy atom. The van der Waals surface area contributed by atoms with Gasteiger partial charge in [0.05, 0.1) is 12.6 Å². The molecule has 2 rings (SSSR count). The Hall–Kier alpha value is -1.89. The fourth-order valence-electron chi connectivity index (χ4n) is 1.98. The molecule has 7 heteroatoms. The van der Waals surface area contributed by atoms with Crippen LogP contribution in [0.5, 0.6) is 0 Å². The van der Waals surface area contributed by atoms with Gasteiger partial charge in [-0.25, -0.2) is 0 Å². The van der Waals surface area contributed by atoms with Crippen LogP contribution in [0.15, 0.2) is 12.3 Å². The smallest absolute Gasteiger partial charge is 0.243 e. The minimum absolute atomic E-state index is 0.227. The highest BCUT2D eigenvalue weighted by Gasteiger charge is 2.29. The van der Waals surface area contributed by atoms with Gasteiger partial charge in [0, 0.05) is 19.3 Å². The fraction of sp³-hybridized carbons (Fsp3) is 0.545. The summed E-state index contributed by atoms with van der Waals surface area (Å²) in [7, 11) is 0. The van der Waals surface area contributed by atoms with E-state index in [1.54, 1.807) is 17.7 Å². The van der Waals surface area contributed by atoms with Crippen molar-refractivity contribution < 1.29 is 9.59 Å². The van der Waals surface area contributed by atoms with Crippen LogP contribution in [0, 0.1) is 0 Å². The molecule has 1 aromatic rings. The lowest BCUT2D eigenvalue weighted by atomic mass is 10.2. The highest BCUT2D eigenvalue weighted by molar-refractivity contribution is 6.00. The molecule has 0 bridgehead atoms. The van der Waals surface area contributed by atoms with Gasteiger partial charge in [0.2, 0.25) is 11.8 Å². The minimum atomic E-state index is -0.259. The summed E-state index contributed by atoms with van der Waals surface area (Å²) >= 11 is 0. The van der Waals surface area contributed by atoms with Crippen LogP contribution in [0.4, 0.5) is 5.82 Å². The van der Waals surface area contributed by atoms with Gasteiger partial charge in [0.1, 0.15) is 5.82 Å². The van der Waals surface area contributed by atoms with E-state index >= 15 is 0 Å². The van der Waals surface area contributed by atoms with E-state index < -0.39 is 0 Å². The number of nitrogen functional groups attached to an aromatic ring is 1. The molecule has 0 spiro atoms. The third-order valence-corrected chi connectivity index (χ3v) is 3.03. The molecule has 0 aromatic carbocycles. The van der Waals surface area contributed by atoms with Crippen LogP contribution in [0.1, 0.15) is 13.3 Å². The zero-order valence-electron chi connectivity index (χ0n) is 10.3. The number of hydrogen-bond acceptors (Lipinski definition) is 5. The standard InChI is InChI=1S/C11H17N5O2/c1-8-11(18)13-10(17)7-15(8)4-2-5-16-6-3-9(12)14-16/h3,6,8H,2,4-5,7H2,1H3,(H2,12,14)(H,13,17,18). The van der Waals surface area contributed by atoms with Crippen molar-refractivity contribution in [2.75, 3.05) is 18.8 Å². The Kier molecular flexibility index (Phi) is 3.61. The van der Waals surface area contributed by atoms with Crippen molar-refractivity contribution in [1.29, 1.82) is 0 Å². The van der Waals surface area contributed by atoms with E-state index in [1.807, 2.05) is 11.1 Å². The molecule has 1 atom stereocenters. The van der Waals surface area contributed by atoms with Gasteiger partial charge in [0.15, 0.2) is 0 Å². The number of carbonyl (C=O) groups excluding carboxylic acids is 2. The average Bonchev–Trinajstić information content (AvgIpc) is 2.71. The van der Waals surface area contributed by atoms with Crippen LogP contribution in [-0.4, -0.2) is 45.6 Å². The molecule has 0 aliphatic carbocycles. The first-order valence-corrected chi connectivity index (χ1v) is 5.93. The summed E-state index contributed by atoms with van der Waals surface area (Å²) < 4.78 is 1.76. The summed E-state index contributed by atoms with van der Waals surface area (Å²) in [5.74, 6) is 0.0342. The van der Waals surface area contributed by atoms with Gasteiger partial charge < -0.3 is 5.73 Å². The number of piperazine rings is 1. The zero-order chi connectivity index (χ0) is 13.1. The number of carbonyl (C=O) groups is 2. The molecule has 98 valence electrons. The lowest BCUT2D eigenvalue weighted by Crippen LogP contribution is -2.56. The SMILES string of the molecule is CC1C(=O)NC(=O)CN1CCCn1ccc(N)n1. The van der Waals surface area contributed by atoms with E-state index in [9.17, 15) is 9.59 Å². The number of nitrogens with zero attached hydrogens (tertiary/aromatic N) is 3. The number of aryl methyl sites for hydroxylation is 1. The number of amides is 2. The average molecular weight is 251 g/mol. The van der Waals surface area contributed by atoms with E-state index in [1.165, 1.54) is 0 Å². The Balaban J connectivity index is 1.82. The van der Waals surface area contributed by atoms with Crippen molar-refractivity contribution in [3.05, 3.63) is 12.3 Å². The molecule has 0 saturated carbocycles. The monoisotopic (exact) mass is 251 g/mol. The molecule has 1 aliphatic heterocycles. The van der Waals surface area contributed by atoms with Gasteiger partial charge in [-0.3, -0.25) is 24.5 Å². The van der Waals surface area contributed by atoms with Crippen molar-refractivity contribution in [2.45, 2.75) is 25.9 Å². The molecule has 1 saturated heterocycles. The van der Waals surface area contributed by atoms with Crippen LogP contribution >= 0.6 is 0 Å². The zero-order valence-corrected chi connectivity index (χ0v) is 10.3. The van der Waals surface area contributed by atoms with E-state index in [0.717, 1.165) is 13.0 Å². The largest absolute Gasteiger partial charge is 0.382 e. The maximum atomic E-state index is 11.4. The lowest BCUT2D eigenvalue weighted by molar-refractivity contribution is -0.139. The fourth-order valence-corrected chi connectivity index (χ4v) is 1.98. The number of nitrogens with one attached hydrogen (secondary N) is 1. The van der Waals surface area contributed by atoms with Crippen molar-refractivity contribution >= 4 is 17.6 Å². The van der Waals surface area contributed by atoms with Crippen molar-refractivity contribution in [3.8, 4) is 0 Å². The van der Waals surface area contributed by atoms with E-state index in [4.69, 9.17) is 5.73 Å². The summed E-state index contributed by atoms with van der Waals surface area (Å²) in [6.45, 7) is 3.47. The third-order valence-electron chi connectivity index (χ3n) is 3.03. The predicted octanol–water partition coefficient (Wildman–Crippen LogP) is -0.798. The molecule has 3 N–H and O–H groups in total. The second-order valence-corrected chi connectivity index (χ2v) is 4.42. The minimum Gasteiger partial charge on any atom is -0.382 e. The molecule has 7 nitrogen and oxygen atoms in total. The topological polar surface area (TPSA) is 93.2 Å². The van der Waals surface area contributed by atoms with Crippen LogP contribution in [-0.2, 0) is 16.1 Å². The lowest BCUT2D eigenvalue weighted by Gasteiger charge is -2.31. The maximum Gasteiger partial charge on any atom is 0.243 e. The summed E-state index contributed by atoms with van der Waals surface area (Å²) in [5.41, 5.74) is 5.51. The van der Waals surface area contributed by atoms with Crippen LogP contribution in [0.3, 0.4) is 0 Å². The Morgan fingerprint density at radius 3 is 2.94 bits per heavy atom. The van der Waals surface area contributed by atoms with Crippen molar-refractivity contribution in [1.82, 2.24) is 20.0 Å². The molecule has 1 unspecified atom stereocenters. The molecular formula is C11H17N5O2. The van der Waals surface area contributed by atoms with E-state index in [0.29, 0.717) is 12.4 Å². The summed E-state index contributed by atoms with van der Waals surface area (Å²) in [5, 5.41) is 6.39. The number of nitrogens with two attached hydrogens (primary N) is 1.